The topological polar surface area (TPSA) is 55.1 Å². The lowest BCUT2D eigenvalue weighted by Gasteiger charge is -1.99. The Balaban J connectivity index is 2.27. The van der Waals surface area contributed by atoms with E-state index in [0.29, 0.717) is 12.1 Å². The van der Waals surface area contributed by atoms with Gasteiger partial charge >= 0.3 is 0 Å². The standard InChI is InChI=1S/C8H12N2O2/c1-2-4-9-8(11)6-7-3-5-12-10-7/h3,5H,2,4,6H2,1H3,(H,9,11). The van der Waals surface area contributed by atoms with Crippen molar-refractivity contribution >= 4 is 5.91 Å². The zero-order valence-electron chi connectivity index (χ0n) is 7.04. The third-order valence-corrected chi connectivity index (χ3v) is 1.41. The molecule has 0 bridgehead atoms. The van der Waals surface area contributed by atoms with Crippen LogP contribution in [0.3, 0.4) is 0 Å². The molecule has 0 aromatic carbocycles. The Morgan fingerprint density at radius 3 is 3.17 bits per heavy atom. The fraction of sp³-hybridized carbons (Fsp3) is 0.500. The first-order valence-electron chi connectivity index (χ1n) is 3.99. The molecule has 1 aromatic rings. The van der Waals surface area contributed by atoms with Gasteiger partial charge in [-0.3, -0.25) is 4.79 Å². The lowest BCUT2D eigenvalue weighted by Crippen LogP contribution is -2.25. The molecule has 1 rings (SSSR count). The average Bonchev–Trinajstić information content (AvgIpc) is 2.53. The monoisotopic (exact) mass is 168 g/mol. The number of hydrogen-bond donors (Lipinski definition) is 1. The van der Waals surface area contributed by atoms with Gasteiger partial charge in [-0.05, 0) is 6.42 Å². The van der Waals surface area contributed by atoms with Crippen LogP contribution in [0.25, 0.3) is 0 Å². The van der Waals surface area contributed by atoms with Crippen molar-refractivity contribution in [3.05, 3.63) is 18.0 Å². The highest BCUT2D eigenvalue weighted by Gasteiger charge is 2.03. The third-order valence-electron chi connectivity index (χ3n) is 1.41. The normalized spacial score (nSPS) is 9.75. The SMILES string of the molecule is CCCNC(=O)Cc1ccon1. The maximum absolute atomic E-state index is 11.1. The highest BCUT2D eigenvalue weighted by atomic mass is 16.5. The molecule has 66 valence electrons. The Labute approximate surface area is 70.9 Å². The van der Waals surface area contributed by atoms with Crippen molar-refractivity contribution in [1.82, 2.24) is 10.5 Å². The van der Waals surface area contributed by atoms with E-state index < -0.39 is 0 Å². The number of carbonyl (C=O) groups excluding carboxylic acids is 1. The maximum Gasteiger partial charge on any atom is 0.226 e. The molecular formula is C8H12N2O2. The van der Waals surface area contributed by atoms with E-state index in [1.807, 2.05) is 6.92 Å². The van der Waals surface area contributed by atoms with Crippen LogP contribution in [0.15, 0.2) is 16.9 Å². The van der Waals surface area contributed by atoms with Gasteiger partial charge in [0.1, 0.15) is 6.26 Å². The lowest BCUT2D eigenvalue weighted by atomic mass is 10.3. The van der Waals surface area contributed by atoms with Crippen molar-refractivity contribution in [2.45, 2.75) is 19.8 Å². The molecule has 0 spiro atoms. The van der Waals surface area contributed by atoms with E-state index in [4.69, 9.17) is 0 Å². The van der Waals surface area contributed by atoms with E-state index in [1.54, 1.807) is 6.07 Å². The smallest absolute Gasteiger partial charge is 0.226 e. The van der Waals surface area contributed by atoms with Crippen LogP contribution in [-0.4, -0.2) is 17.6 Å². The molecule has 12 heavy (non-hydrogen) atoms. The number of nitrogens with one attached hydrogen (secondary N) is 1. The van der Waals surface area contributed by atoms with E-state index in [1.165, 1.54) is 6.26 Å². The molecule has 0 aliphatic heterocycles. The average molecular weight is 168 g/mol. The molecule has 4 nitrogen and oxygen atoms in total. The molecular weight excluding hydrogens is 156 g/mol. The lowest BCUT2D eigenvalue weighted by molar-refractivity contribution is -0.120. The first-order chi connectivity index (χ1) is 5.83. The first-order valence-corrected chi connectivity index (χ1v) is 3.99. The summed E-state index contributed by atoms with van der Waals surface area (Å²) in [7, 11) is 0. The van der Waals surface area contributed by atoms with Crippen LogP contribution in [0, 0.1) is 0 Å². The van der Waals surface area contributed by atoms with Crippen molar-refractivity contribution in [1.29, 1.82) is 0 Å². The van der Waals surface area contributed by atoms with Crippen LogP contribution in [-0.2, 0) is 11.2 Å². The fourth-order valence-electron chi connectivity index (χ4n) is 0.820. The van der Waals surface area contributed by atoms with Crippen molar-refractivity contribution in [2.75, 3.05) is 6.54 Å². The summed E-state index contributed by atoms with van der Waals surface area (Å²) in [5.41, 5.74) is 0.670. The number of amides is 1. The van der Waals surface area contributed by atoms with Crippen molar-refractivity contribution in [2.24, 2.45) is 0 Å². The van der Waals surface area contributed by atoms with Gasteiger partial charge in [-0.15, -0.1) is 0 Å². The molecule has 1 aromatic heterocycles. The number of hydrogen-bond acceptors (Lipinski definition) is 3. The number of rotatable bonds is 4. The molecule has 0 aliphatic carbocycles. The summed E-state index contributed by atoms with van der Waals surface area (Å²) in [5, 5.41) is 6.38. The summed E-state index contributed by atoms with van der Waals surface area (Å²) in [6.07, 6.45) is 2.71. The molecule has 4 heteroatoms. The van der Waals surface area contributed by atoms with E-state index in [9.17, 15) is 4.79 Å². The summed E-state index contributed by atoms with van der Waals surface area (Å²) in [6.45, 7) is 2.73. The summed E-state index contributed by atoms with van der Waals surface area (Å²) < 4.78 is 4.59. The highest BCUT2D eigenvalue weighted by Crippen LogP contribution is 1.94. The minimum Gasteiger partial charge on any atom is -0.364 e. The Kier molecular flexibility index (Phi) is 3.32. The molecule has 1 heterocycles. The third kappa shape index (κ3) is 2.74. The van der Waals surface area contributed by atoms with Gasteiger partial charge in [0.2, 0.25) is 5.91 Å². The molecule has 0 saturated carbocycles. The highest BCUT2D eigenvalue weighted by molar-refractivity contribution is 5.77. The van der Waals surface area contributed by atoms with Gasteiger partial charge in [0.15, 0.2) is 0 Å². The molecule has 0 atom stereocenters. The van der Waals surface area contributed by atoms with Crippen molar-refractivity contribution < 1.29 is 9.32 Å². The summed E-state index contributed by atoms with van der Waals surface area (Å²) in [4.78, 5) is 11.1. The van der Waals surface area contributed by atoms with Gasteiger partial charge in [0.25, 0.3) is 0 Å². The second kappa shape index (κ2) is 4.54. The van der Waals surface area contributed by atoms with Crippen LogP contribution in [0.5, 0.6) is 0 Å². The van der Waals surface area contributed by atoms with E-state index >= 15 is 0 Å². The molecule has 1 N–H and O–H groups in total. The molecule has 1 amide bonds. The van der Waals surface area contributed by atoms with Crippen LogP contribution in [0.4, 0.5) is 0 Å². The number of aromatic nitrogens is 1. The van der Waals surface area contributed by atoms with Crippen LogP contribution in [0.2, 0.25) is 0 Å². The van der Waals surface area contributed by atoms with Gasteiger partial charge in [0, 0.05) is 12.6 Å². The maximum atomic E-state index is 11.1. The van der Waals surface area contributed by atoms with Gasteiger partial charge in [0.05, 0.1) is 12.1 Å². The molecule has 0 radical (unpaired) electrons. The Morgan fingerprint density at radius 2 is 2.58 bits per heavy atom. The molecule has 0 aliphatic rings. The van der Waals surface area contributed by atoms with Crippen LogP contribution >= 0.6 is 0 Å². The Hall–Kier alpha value is -1.32. The second-order valence-electron chi connectivity index (χ2n) is 2.52. The number of nitrogens with zero attached hydrogens (tertiary/aromatic N) is 1. The van der Waals surface area contributed by atoms with Crippen LogP contribution in [0.1, 0.15) is 19.0 Å². The fourth-order valence-corrected chi connectivity index (χ4v) is 0.820. The van der Waals surface area contributed by atoms with Crippen molar-refractivity contribution in [3.8, 4) is 0 Å². The predicted molar refractivity (Wildman–Crippen MR) is 43.5 cm³/mol. The summed E-state index contributed by atoms with van der Waals surface area (Å²) >= 11 is 0. The molecule has 0 saturated heterocycles. The van der Waals surface area contributed by atoms with Crippen LogP contribution < -0.4 is 5.32 Å². The molecule has 0 unspecified atom stereocenters. The minimum atomic E-state index is -0.00856. The quantitative estimate of drug-likeness (QED) is 0.721. The first kappa shape index (κ1) is 8.77. The Morgan fingerprint density at radius 1 is 1.75 bits per heavy atom. The number of carbonyl (C=O) groups is 1. The van der Waals surface area contributed by atoms with Gasteiger partial charge in [-0.25, -0.2) is 0 Å². The van der Waals surface area contributed by atoms with Crippen molar-refractivity contribution in [3.63, 3.8) is 0 Å². The second-order valence-corrected chi connectivity index (χ2v) is 2.52. The zero-order chi connectivity index (χ0) is 8.81. The zero-order valence-corrected chi connectivity index (χ0v) is 7.04. The summed E-state index contributed by atoms with van der Waals surface area (Å²) in [6, 6.07) is 1.69. The van der Waals surface area contributed by atoms with E-state index in [0.717, 1.165) is 13.0 Å². The van der Waals surface area contributed by atoms with E-state index in [-0.39, 0.29) is 5.91 Å². The van der Waals surface area contributed by atoms with Gasteiger partial charge in [-0.1, -0.05) is 12.1 Å². The summed E-state index contributed by atoms with van der Waals surface area (Å²) in [5.74, 6) is -0.00856. The molecule has 0 fully saturated rings. The van der Waals surface area contributed by atoms with Gasteiger partial charge < -0.3 is 9.84 Å². The minimum absolute atomic E-state index is 0.00856. The Bertz CT molecular complexity index is 231. The largest absolute Gasteiger partial charge is 0.364 e. The van der Waals surface area contributed by atoms with E-state index in [2.05, 4.69) is 15.0 Å². The predicted octanol–water partition coefficient (Wildman–Crippen LogP) is 0.743. The van der Waals surface area contributed by atoms with Gasteiger partial charge in [-0.2, -0.15) is 0 Å².